The van der Waals surface area contributed by atoms with Crippen molar-refractivity contribution in [1.29, 1.82) is 5.26 Å². The molecule has 1 heterocycles. The Bertz CT molecular complexity index is 768. The molecule has 4 rings (SSSR count). The van der Waals surface area contributed by atoms with Crippen LogP contribution in [0.3, 0.4) is 0 Å². The minimum atomic E-state index is -0.725. The van der Waals surface area contributed by atoms with Crippen LogP contribution in [0.4, 0.5) is 0 Å². The van der Waals surface area contributed by atoms with Gasteiger partial charge in [-0.1, -0.05) is 6.07 Å². The van der Waals surface area contributed by atoms with Crippen molar-refractivity contribution in [2.24, 2.45) is 0 Å². The molecule has 0 aromatic heterocycles. The van der Waals surface area contributed by atoms with Gasteiger partial charge in [-0.05, 0) is 56.2 Å². The standard InChI is InChI=1S/C21H26N2O4/c1-25-17-8-7-15(11-18(17)26-16-5-2-3-6-16)20(14-22)9-4-10-21(13-20)23-12-19(24)27-21/h7-8,11,16,23H,2-6,9-10,12-13H2,1H3. The van der Waals surface area contributed by atoms with Gasteiger partial charge < -0.3 is 14.2 Å². The highest BCUT2D eigenvalue weighted by atomic mass is 16.6. The van der Waals surface area contributed by atoms with Crippen LogP contribution in [0, 0.1) is 11.3 Å². The quantitative estimate of drug-likeness (QED) is 0.820. The summed E-state index contributed by atoms with van der Waals surface area (Å²) in [7, 11) is 1.63. The number of carbonyl (C=O) groups is 1. The zero-order valence-electron chi connectivity index (χ0n) is 15.8. The van der Waals surface area contributed by atoms with Gasteiger partial charge in [0.15, 0.2) is 17.2 Å². The van der Waals surface area contributed by atoms with E-state index >= 15 is 0 Å². The van der Waals surface area contributed by atoms with Gasteiger partial charge in [0.1, 0.15) is 0 Å². The molecule has 6 heteroatoms. The molecule has 3 aliphatic rings. The van der Waals surface area contributed by atoms with Gasteiger partial charge in [-0.2, -0.15) is 5.26 Å². The topological polar surface area (TPSA) is 80.6 Å². The van der Waals surface area contributed by atoms with Crippen molar-refractivity contribution in [2.45, 2.75) is 68.6 Å². The highest BCUT2D eigenvalue weighted by molar-refractivity contribution is 5.74. The van der Waals surface area contributed by atoms with Crippen LogP contribution in [-0.2, 0) is 14.9 Å². The Labute approximate surface area is 159 Å². The lowest BCUT2D eigenvalue weighted by Gasteiger charge is -2.41. The molecule has 0 bridgehead atoms. The van der Waals surface area contributed by atoms with Crippen molar-refractivity contribution >= 4 is 5.97 Å². The highest BCUT2D eigenvalue weighted by Gasteiger charge is 2.51. The molecule has 1 spiro atoms. The lowest BCUT2D eigenvalue weighted by Crippen LogP contribution is -2.50. The predicted molar refractivity (Wildman–Crippen MR) is 98.5 cm³/mol. The molecule has 1 saturated heterocycles. The molecule has 2 aliphatic carbocycles. The Balaban J connectivity index is 1.65. The van der Waals surface area contributed by atoms with Crippen molar-refractivity contribution in [3.63, 3.8) is 0 Å². The van der Waals surface area contributed by atoms with E-state index < -0.39 is 11.1 Å². The van der Waals surface area contributed by atoms with Crippen LogP contribution in [0.1, 0.15) is 56.9 Å². The van der Waals surface area contributed by atoms with E-state index in [0.29, 0.717) is 17.9 Å². The van der Waals surface area contributed by atoms with E-state index in [-0.39, 0.29) is 18.6 Å². The summed E-state index contributed by atoms with van der Waals surface area (Å²) in [4.78, 5) is 11.7. The number of hydrogen-bond donors (Lipinski definition) is 1. The van der Waals surface area contributed by atoms with Gasteiger partial charge in [0, 0.05) is 12.8 Å². The first kappa shape index (κ1) is 18.1. The number of hydrogen-bond acceptors (Lipinski definition) is 6. The number of carbonyl (C=O) groups excluding carboxylic acids is 1. The van der Waals surface area contributed by atoms with Crippen LogP contribution in [0.5, 0.6) is 11.5 Å². The third-order valence-electron chi connectivity index (χ3n) is 6.16. The second-order valence-electron chi connectivity index (χ2n) is 7.94. The Morgan fingerprint density at radius 3 is 2.70 bits per heavy atom. The number of esters is 1. The molecule has 2 saturated carbocycles. The fourth-order valence-electron chi connectivity index (χ4n) is 4.76. The van der Waals surface area contributed by atoms with Gasteiger partial charge in [0.05, 0.1) is 31.2 Å². The molecular formula is C21H26N2O4. The molecule has 0 radical (unpaired) electrons. The number of rotatable bonds is 4. The summed E-state index contributed by atoms with van der Waals surface area (Å²) in [6.07, 6.45) is 7.45. The Kier molecular flexibility index (Phi) is 4.73. The number of ether oxygens (including phenoxy) is 3. The third-order valence-corrected chi connectivity index (χ3v) is 6.16. The lowest BCUT2D eigenvalue weighted by atomic mass is 9.67. The minimum absolute atomic E-state index is 0.208. The summed E-state index contributed by atoms with van der Waals surface area (Å²) < 4.78 is 17.3. The van der Waals surface area contributed by atoms with Crippen LogP contribution in [0.25, 0.3) is 0 Å². The summed E-state index contributed by atoms with van der Waals surface area (Å²) >= 11 is 0. The van der Waals surface area contributed by atoms with Crippen LogP contribution >= 0.6 is 0 Å². The van der Waals surface area contributed by atoms with E-state index in [4.69, 9.17) is 14.2 Å². The highest BCUT2D eigenvalue weighted by Crippen LogP contribution is 2.47. The average Bonchev–Trinajstić information content (AvgIpc) is 3.31. The molecule has 144 valence electrons. The number of methoxy groups -OCH3 is 1. The Hall–Kier alpha value is -2.26. The molecule has 2 unspecified atom stereocenters. The summed E-state index contributed by atoms with van der Waals surface area (Å²) in [6, 6.07) is 8.31. The molecule has 1 N–H and O–H groups in total. The van der Waals surface area contributed by atoms with Crippen LogP contribution in [0.15, 0.2) is 18.2 Å². The summed E-state index contributed by atoms with van der Waals surface area (Å²) in [5.41, 5.74) is -0.532. The van der Waals surface area contributed by atoms with Gasteiger partial charge in [-0.3, -0.25) is 10.1 Å². The third kappa shape index (κ3) is 3.37. The molecule has 0 amide bonds. The largest absolute Gasteiger partial charge is 0.493 e. The number of nitrogens with one attached hydrogen (secondary N) is 1. The maximum Gasteiger partial charge on any atom is 0.321 e. The van der Waals surface area contributed by atoms with Gasteiger partial charge in [-0.25, -0.2) is 0 Å². The van der Waals surface area contributed by atoms with E-state index in [0.717, 1.165) is 37.7 Å². The van der Waals surface area contributed by atoms with Crippen LogP contribution in [-0.4, -0.2) is 31.5 Å². The zero-order valence-corrected chi connectivity index (χ0v) is 15.8. The molecule has 1 aromatic carbocycles. The lowest BCUT2D eigenvalue weighted by molar-refractivity contribution is -0.152. The van der Waals surface area contributed by atoms with E-state index in [1.165, 1.54) is 12.8 Å². The van der Waals surface area contributed by atoms with Crippen molar-refractivity contribution in [3.8, 4) is 17.6 Å². The van der Waals surface area contributed by atoms with Gasteiger partial charge >= 0.3 is 5.97 Å². The molecule has 27 heavy (non-hydrogen) atoms. The first-order chi connectivity index (χ1) is 13.1. The Morgan fingerprint density at radius 2 is 2.04 bits per heavy atom. The van der Waals surface area contributed by atoms with Crippen molar-refractivity contribution in [1.82, 2.24) is 5.32 Å². The van der Waals surface area contributed by atoms with Crippen molar-refractivity contribution < 1.29 is 19.0 Å². The van der Waals surface area contributed by atoms with Crippen LogP contribution in [0.2, 0.25) is 0 Å². The zero-order chi connectivity index (χ0) is 18.9. The molecule has 1 aliphatic heterocycles. The van der Waals surface area contributed by atoms with Crippen molar-refractivity contribution in [3.05, 3.63) is 23.8 Å². The monoisotopic (exact) mass is 370 g/mol. The Morgan fingerprint density at radius 1 is 1.22 bits per heavy atom. The molecular weight excluding hydrogens is 344 g/mol. The van der Waals surface area contributed by atoms with E-state index in [2.05, 4.69) is 11.4 Å². The summed E-state index contributed by atoms with van der Waals surface area (Å²) in [6.45, 7) is 0.208. The van der Waals surface area contributed by atoms with Gasteiger partial charge in [0.25, 0.3) is 0 Å². The SMILES string of the molecule is COc1ccc(C2(C#N)CCCC3(C2)NCC(=O)O3)cc1OC1CCCC1. The second-order valence-corrected chi connectivity index (χ2v) is 7.94. The number of benzene rings is 1. The normalized spacial score (nSPS) is 30.9. The first-order valence-corrected chi connectivity index (χ1v) is 9.81. The first-order valence-electron chi connectivity index (χ1n) is 9.81. The fourth-order valence-corrected chi connectivity index (χ4v) is 4.76. The fraction of sp³-hybridized carbons (Fsp3) is 0.619. The van der Waals surface area contributed by atoms with E-state index in [1.54, 1.807) is 7.11 Å². The second kappa shape index (κ2) is 7.05. The molecule has 2 atom stereocenters. The average molecular weight is 370 g/mol. The summed E-state index contributed by atoms with van der Waals surface area (Å²) in [5, 5.41) is 13.3. The molecule has 3 fully saturated rings. The molecule has 6 nitrogen and oxygen atoms in total. The number of nitrogens with zero attached hydrogens (tertiary/aromatic N) is 1. The van der Waals surface area contributed by atoms with Gasteiger partial charge in [-0.15, -0.1) is 0 Å². The van der Waals surface area contributed by atoms with E-state index in [1.807, 2.05) is 18.2 Å². The summed E-state index contributed by atoms with van der Waals surface area (Å²) in [5.74, 6) is 1.14. The van der Waals surface area contributed by atoms with Gasteiger partial charge in [0.2, 0.25) is 0 Å². The maximum absolute atomic E-state index is 11.7. The maximum atomic E-state index is 11.7. The van der Waals surface area contributed by atoms with Crippen LogP contribution < -0.4 is 14.8 Å². The predicted octanol–water partition coefficient (Wildman–Crippen LogP) is 3.19. The molecule has 1 aromatic rings. The smallest absolute Gasteiger partial charge is 0.321 e. The number of nitriles is 1. The van der Waals surface area contributed by atoms with E-state index in [9.17, 15) is 10.1 Å². The van der Waals surface area contributed by atoms with Crippen molar-refractivity contribution in [2.75, 3.05) is 13.7 Å². The minimum Gasteiger partial charge on any atom is -0.493 e.